The fraction of sp³-hybridized carbons (Fsp3) is 0.364. The highest BCUT2D eigenvalue weighted by Crippen LogP contribution is 2.28. The number of phenols is 2. The molecule has 4 nitrogen and oxygen atoms in total. The van der Waals surface area contributed by atoms with Crippen LogP contribution in [0.2, 0.25) is 0 Å². The Morgan fingerprint density at radius 3 is 2.50 bits per heavy atom. The van der Waals surface area contributed by atoms with E-state index in [-0.39, 0.29) is 11.3 Å². The maximum atomic E-state index is 11.9. The quantitative estimate of drug-likeness (QED) is 0.674. The first kappa shape index (κ1) is 12.3. The normalized spacial score (nSPS) is 10.3. The number of aromatic carboxylic acids is 1. The van der Waals surface area contributed by atoms with Gasteiger partial charge < -0.3 is 15.3 Å². The van der Waals surface area contributed by atoms with Gasteiger partial charge in [0.25, 0.3) is 0 Å². The third-order valence-electron chi connectivity index (χ3n) is 2.23. The maximum absolute atomic E-state index is 11.9. The predicted octanol–water partition coefficient (Wildman–Crippen LogP) is 2.09. The molecule has 0 fully saturated rings. The molecule has 1 aromatic rings. The van der Waals surface area contributed by atoms with Crippen LogP contribution in [-0.2, 0) is 6.42 Å². The monoisotopic (exact) mass is 228 g/mol. The van der Waals surface area contributed by atoms with Gasteiger partial charge in [-0.1, -0.05) is 0 Å². The Morgan fingerprint density at radius 2 is 1.94 bits per heavy atom. The molecule has 0 aliphatic rings. The van der Waals surface area contributed by atoms with Gasteiger partial charge in [0, 0.05) is 6.07 Å². The Balaban J connectivity index is 2.99. The summed E-state index contributed by atoms with van der Waals surface area (Å²) in [6.07, 6.45) is 1.11. The molecule has 0 aliphatic carbocycles. The SMILES string of the molecule is O=C(O)c1c(O)cc(O)cc1CCCCF. The first-order valence-corrected chi connectivity index (χ1v) is 4.90. The molecule has 1 rings (SSSR count). The van der Waals surface area contributed by atoms with Gasteiger partial charge in [-0.2, -0.15) is 0 Å². The van der Waals surface area contributed by atoms with Gasteiger partial charge in [-0.25, -0.2) is 4.79 Å². The van der Waals surface area contributed by atoms with Gasteiger partial charge in [-0.3, -0.25) is 4.39 Å². The van der Waals surface area contributed by atoms with Crippen LogP contribution in [0, 0.1) is 0 Å². The fourth-order valence-corrected chi connectivity index (χ4v) is 1.52. The number of benzene rings is 1. The minimum atomic E-state index is -1.26. The average molecular weight is 228 g/mol. The number of carboxylic acids is 1. The highest BCUT2D eigenvalue weighted by Gasteiger charge is 2.16. The van der Waals surface area contributed by atoms with E-state index in [1.54, 1.807) is 0 Å². The largest absolute Gasteiger partial charge is 0.508 e. The van der Waals surface area contributed by atoms with Crippen LogP contribution >= 0.6 is 0 Å². The van der Waals surface area contributed by atoms with Gasteiger partial charge in [-0.05, 0) is 30.9 Å². The van der Waals surface area contributed by atoms with Crippen molar-refractivity contribution >= 4 is 5.97 Å². The molecule has 5 heteroatoms. The summed E-state index contributed by atoms with van der Waals surface area (Å²) in [5.74, 6) is -1.92. The summed E-state index contributed by atoms with van der Waals surface area (Å²) in [5.41, 5.74) is 0.0927. The summed E-state index contributed by atoms with van der Waals surface area (Å²) in [6.45, 7) is -0.465. The van der Waals surface area contributed by atoms with Gasteiger partial charge in [0.15, 0.2) is 0 Å². The topological polar surface area (TPSA) is 77.8 Å². The first-order chi connectivity index (χ1) is 7.56. The third kappa shape index (κ3) is 2.85. The second-order valence-electron chi connectivity index (χ2n) is 3.45. The van der Waals surface area contributed by atoms with E-state index in [1.165, 1.54) is 6.07 Å². The van der Waals surface area contributed by atoms with E-state index in [9.17, 15) is 19.4 Å². The van der Waals surface area contributed by atoms with Gasteiger partial charge >= 0.3 is 5.97 Å². The number of carboxylic acid groups (broad SMARTS) is 1. The Hall–Kier alpha value is -1.78. The molecule has 16 heavy (non-hydrogen) atoms. The number of rotatable bonds is 5. The maximum Gasteiger partial charge on any atom is 0.339 e. The lowest BCUT2D eigenvalue weighted by Gasteiger charge is -2.08. The second kappa shape index (κ2) is 5.34. The third-order valence-corrected chi connectivity index (χ3v) is 2.23. The van der Waals surface area contributed by atoms with E-state index >= 15 is 0 Å². The van der Waals surface area contributed by atoms with Gasteiger partial charge in [-0.15, -0.1) is 0 Å². The lowest BCUT2D eigenvalue weighted by atomic mass is 10.0. The molecule has 3 N–H and O–H groups in total. The predicted molar refractivity (Wildman–Crippen MR) is 55.6 cm³/mol. The van der Waals surface area contributed by atoms with Crippen molar-refractivity contribution in [2.24, 2.45) is 0 Å². The highest BCUT2D eigenvalue weighted by atomic mass is 19.1. The van der Waals surface area contributed by atoms with Crippen molar-refractivity contribution in [2.45, 2.75) is 19.3 Å². The molecule has 1 aromatic carbocycles. The van der Waals surface area contributed by atoms with Crippen molar-refractivity contribution in [3.05, 3.63) is 23.3 Å². The second-order valence-corrected chi connectivity index (χ2v) is 3.45. The number of aryl methyl sites for hydroxylation is 1. The Labute approximate surface area is 92.0 Å². The number of hydrogen-bond acceptors (Lipinski definition) is 3. The van der Waals surface area contributed by atoms with Crippen LogP contribution in [0.4, 0.5) is 4.39 Å². The molecule has 88 valence electrons. The summed E-state index contributed by atoms with van der Waals surface area (Å²) >= 11 is 0. The number of phenolic OH excluding ortho intramolecular Hbond substituents is 1. The molecule has 0 radical (unpaired) electrons. The van der Waals surface area contributed by atoms with Crippen LogP contribution in [0.3, 0.4) is 0 Å². The fourth-order valence-electron chi connectivity index (χ4n) is 1.52. The van der Waals surface area contributed by atoms with Crippen molar-refractivity contribution in [1.29, 1.82) is 0 Å². The molecule has 0 amide bonds. The Kier molecular flexibility index (Phi) is 4.10. The van der Waals surface area contributed by atoms with Crippen molar-refractivity contribution < 1.29 is 24.5 Å². The molecule has 0 unspecified atom stereocenters. The lowest BCUT2D eigenvalue weighted by Crippen LogP contribution is -2.03. The van der Waals surface area contributed by atoms with Crippen molar-refractivity contribution in [3.8, 4) is 11.5 Å². The first-order valence-electron chi connectivity index (χ1n) is 4.90. The molecular weight excluding hydrogens is 215 g/mol. The molecular formula is C11H13FO4. The Bertz CT molecular complexity index is 390. The minimum absolute atomic E-state index is 0.197. The Morgan fingerprint density at radius 1 is 1.25 bits per heavy atom. The van der Waals surface area contributed by atoms with Gasteiger partial charge in [0.1, 0.15) is 17.1 Å². The van der Waals surface area contributed by atoms with Crippen LogP contribution < -0.4 is 0 Å². The lowest BCUT2D eigenvalue weighted by molar-refractivity contribution is 0.0692. The highest BCUT2D eigenvalue weighted by molar-refractivity contribution is 5.92. The van der Waals surface area contributed by atoms with E-state index in [0.29, 0.717) is 24.8 Å². The number of alkyl halides is 1. The van der Waals surface area contributed by atoms with E-state index in [0.717, 1.165) is 6.07 Å². The molecule has 0 bridgehead atoms. The van der Waals surface area contributed by atoms with Crippen molar-refractivity contribution in [2.75, 3.05) is 6.67 Å². The van der Waals surface area contributed by atoms with E-state index < -0.39 is 18.4 Å². The molecule has 0 saturated carbocycles. The number of aromatic hydroxyl groups is 2. The van der Waals surface area contributed by atoms with E-state index in [1.807, 2.05) is 0 Å². The molecule has 0 saturated heterocycles. The molecule has 0 aromatic heterocycles. The zero-order valence-corrected chi connectivity index (χ0v) is 8.61. The molecule has 0 atom stereocenters. The summed E-state index contributed by atoms with van der Waals surface area (Å²) in [4.78, 5) is 10.9. The summed E-state index contributed by atoms with van der Waals surface area (Å²) < 4.78 is 11.9. The summed E-state index contributed by atoms with van der Waals surface area (Å²) in [5, 5.41) is 27.5. The van der Waals surface area contributed by atoms with Crippen LogP contribution in [0.15, 0.2) is 12.1 Å². The van der Waals surface area contributed by atoms with Crippen LogP contribution in [0.25, 0.3) is 0 Å². The van der Waals surface area contributed by atoms with Crippen molar-refractivity contribution in [3.63, 3.8) is 0 Å². The van der Waals surface area contributed by atoms with Crippen molar-refractivity contribution in [1.82, 2.24) is 0 Å². The number of hydrogen-bond donors (Lipinski definition) is 3. The van der Waals surface area contributed by atoms with Crippen LogP contribution in [0.1, 0.15) is 28.8 Å². The van der Waals surface area contributed by atoms with Gasteiger partial charge in [0.05, 0.1) is 6.67 Å². The smallest absolute Gasteiger partial charge is 0.339 e. The number of unbranched alkanes of at least 4 members (excludes halogenated alkanes) is 1. The average Bonchev–Trinajstić information content (AvgIpc) is 2.16. The molecule has 0 spiro atoms. The van der Waals surface area contributed by atoms with Crippen LogP contribution in [0.5, 0.6) is 11.5 Å². The van der Waals surface area contributed by atoms with E-state index in [2.05, 4.69) is 0 Å². The molecule has 0 aliphatic heterocycles. The summed E-state index contributed by atoms with van der Waals surface area (Å²) in [6, 6.07) is 2.25. The van der Waals surface area contributed by atoms with Gasteiger partial charge in [0.2, 0.25) is 0 Å². The zero-order valence-electron chi connectivity index (χ0n) is 8.61. The zero-order chi connectivity index (χ0) is 12.1. The summed E-state index contributed by atoms with van der Waals surface area (Å²) in [7, 11) is 0. The molecule has 0 heterocycles. The number of halogens is 1. The standard InChI is InChI=1S/C11H13FO4/c12-4-2-1-3-7-5-8(13)6-9(14)10(7)11(15)16/h5-6,13-14H,1-4H2,(H,15,16). The van der Waals surface area contributed by atoms with Crippen LogP contribution in [-0.4, -0.2) is 28.0 Å². The van der Waals surface area contributed by atoms with E-state index in [4.69, 9.17) is 5.11 Å². The minimum Gasteiger partial charge on any atom is -0.508 e. The number of carbonyl (C=O) groups is 1.